The molecule has 0 aliphatic rings. The number of nitrogen functional groups attached to an aromatic ring is 1. The molecule has 2 heteroatoms. The summed E-state index contributed by atoms with van der Waals surface area (Å²) in [7, 11) is 0. The second kappa shape index (κ2) is 3.22. The summed E-state index contributed by atoms with van der Waals surface area (Å²) >= 11 is 0. The summed E-state index contributed by atoms with van der Waals surface area (Å²) in [5, 5.41) is 0. The molecule has 1 rings (SSSR count). The zero-order chi connectivity index (χ0) is 9.14. The van der Waals surface area contributed by atoms with Gasteiger partial charge in [0.1, 0.15) is 0 Å². The fourth-order valence-electron chi connectivity index (χ4n) is 1.18. The van der Waals surface area contributed by atoms with Crippen LogP contribution >= 0.6 is 0 Å². The van der Waals surface area contributed by atoms with E-state index in [4.69, 9.17) is 5.73 Å². The topological polar surface area (TPSA) is 38.4 Å². The number of aliphatic imine (C=N–C) groups is 1. The van der Waals surface area contributed by atoms with E-state index < -0.39 is 0 Å². The molecule has 1 aromatic rings. The average Bonchev–Trinajstić information content (AvgIpc) is 2.03. The van der Waals surface area contributed by atoms with Crippen LogP contribution < -0.4 is 5.73 Å². The number of aryl methyl sites for hydroxylation is 1. The lowest BCUT2D eigenvalue weighted by molar-refractivity contribution is 1.42. The van der Waals surface area contributed by atoms with Crippen LogP contribution in [0.3, 0.4) is 0 Å². The molecule has 2 N–H and O–H groups in total. The maximum absolute atomic E-state index is 5.75. The van der Waals surface area contributed by atoms with Gasteiger partial charge in [-0.3, -0.25) is 4.99 Å². The number of hydrogen-bond donors (Lipinski definition) is 1. The highest BCUT2D eigenvalue weighted by atomic mass is 14.7. The first-order valence-corrected chi connectivity index (χ1v) is 3.68. The summed E-state index contributed by atoms with van der Waals surface area (Å²) in [5.41, 5.74) is 9.30. The number of rotatable bonds is 2. The first kappa shape index (κ1) is 8.53. The molecule has 12 heavy (non-hydrogen) atoms. The first-order chi connectivity index (χ1) is 5.69. The van der Waals surface area contributed by atoms with Gasteiger partial charge in [-0.2, -0.15) is 0 Å². The number of anilines is 1. The van der Waals surface area contributed by atoms with Gasteiger partial charge in [0.15, 0.2) is 0 Å². The van der Waals surface area contributed by atoms with Gasteiger partial charge in [0.2, 0.25) is 0 Å². The zero-order valence-corrected chi connectivity index (χ0v) is 7.17. The molecule has 0 radical (unpaired) electrons. The van der Waals surface area contributed by atoms with Crippen LogP contribution in [0.2, 0.25) is 0 Å². The quantitative estimate of drug-likeness (QED) is 0.524. The number of nitrogens with two attached hydrogens (primary N) is 1. The highest BCUT2D eigenvalue weighted by molar-refractivity contribution is 5.71. The fourth-order valence-corrected chi connectivity index (χ4v) is 1.18. The van der Waals surface area contributed by atoms with Crippen molar-refractivity contribution in [3.8, 4) is 0 Å². The van der Waals surface area contributed by atoms with Crippen LogP contribution in [-0.2, 0) is 0 Å². The predicted molar refractivity (Wildman–Crippen MR) is 54.9 cm³/mol. The van der Waals surface area contributed by atoms with Crippen LogP contribution in [0, 0.1) is 6.92 Å². The van der Waals surface area contributed by atoms with Gasteiger partial charge in [-0.05, 0) is 36.9 Å². The van der Waals surface area contributed by atoms with Gasteiger partial charge in [-0.1, -0.05) is 12.7 Å². The van der Waals surface area contributed by atoms with E-state index in [9.17, 15) is 0 Å². The lowest BCUT2D eigenvalue weighted by Crippen LogP contribution is -1.91. The second-order valence-corrected chi connectivity index (χ2v) is 2.63. The minimum absolute atomic E-state index is 0.701. The van der Waals surface area contributed by atoms with E-state index in [1.54, 1.807) is 12.1 Å². The van der Waals surface area contributed by atoms with Gasteiger partial charge >= 0.3 is 0 Å². The van der Waals surface area contributed by atoms with Crippen molar-refractivity contribution in [2.75, 3.05) is 5.73 Å². The molecule has 0 atom stereocenters. The van der Waals surface area contributed by atoms with Gasteiger partial charge in [-0.25, -0.2) is 0 Å². The van der Waals surface area contributed by atoms with E-state index in [2.05, 4.69) is 18.3 Å². The van der Waals surface area contributed by atoms with Crippen molar-refractivity contribution >= 4 is 24.2 Å². The minimum Gasteiger partial charge on any atom is -0.398 e. The molecule has 0 bridgehead atoms. The van der Waals surface area contributed by atoms with E-state index in [-0.39, 0.29) is 0 Å². The largest absolute Gasteiger partial charge is 0.398 e. The number of hydrogen-bond acceptors (Lipinski definition) is 2. The van der Waals surface area contributed by atoms with E-state index in [0.29, 0.717) is 5.69 Å². The first-order valence-electron chi connectivity index (χ1n) is 3.68. The Bertz CT molecular complexity index is 304. The van der Waals surface area contributed by atoms with E-state index >= 15 is 0 Å². The van der Waals surface area contributed by atoms with Crippen molar-refractivity contribution in [3.63, 3.8) is 0 Å². The van der Waals surface area contributed by atoms with Crippen LogP contribution in [0.1, 0.15) is 11.1 Å². The fraction of sp³-hybridized carbons (Fsp3) is 0.100. The molecule has 0 heterocycles. The van der Waals surface area contributed by atoms with Gasteiger partial charge < -0.3 is 5.73 Å². The van der Waals surface area contributed by atoms with Crippen molar-refractivity contribution < 1.29 is 0 Å². The van der Waals surface area contributed by atoms with Crippen LogP contribution in [0.25, 0.3) is 6.08 Å². The Morgan fingerprint density at radius 3 is 2.58 bits per heavy atom. The third kappa shape index (κ3) is 1.37. The van der Waals surface area contributed by atoms with Crippen molar-refractivity contribution in [1.82, 2.24) is 0 Å². The summed E-state index contributed by atoms with van der Waals surface area (Å²) in [4.78, 5) is 3.80. The Balaban J connectivity index is 3.36. The van der Waals surface area contributed by atoms with Crippen molar-refractivity contribution in [2.45, 2.75) is 6.92 Å². The standard InChI is InChI=1S/C10H12N2/c1-4-9-7(2)5-8(12-3)6-10(9)11/h4-6H,1,3,11H2,2H3. The second-order valence-electron chi connectivity index (χ2n) is 2.63. The number of nitrogens with zero attached hydrogens (tertiary/aromatic N) is 1. The maximum atomic E-state index is 5.75. The predicted octanol–water partition coefficient (Wildman–Crippen LogP) is 2.55. The van der Waals surface area contributed by atoms with Crippen LogP contribution in [0.4, 0.5) is 11.4 Å². The number of benzene rings is 1. The average molecular weight is 160 g/mol. The Morgan fingerprint density at radius 2 is 2.17 bits per heavy atom. The lowest BCUT2D eigenvalue weighted by atomic mass is 10.1. The molecule has 0 unspecified atom stereocenters. The molecule has 0 saturated carbocycles. The molecule has 0 fully saturated rings. The molecule has 0 spiro atoms. The third-order valence-corrected chi connectivity index (χ3v) is 1.79. The normalized spacial score (nSPS) is 9.42. The van der Waals surface area contributed by atoms with Crippen molar-refractivity contribution in [2.24, 2.45) is 4.99 Å². The molecule has 0 aliphatic heterocycles. The highest BCUT2D eigenvalue weighted by Gasteiger charge is 2.00. The van der Waals surface area contributed by atoms with Gasteiger partial charge in [0, 0.05) is 5.69 Å². The Labute approximate surface area is 72.4 Å². The van der Waals surface area contributed by atoms with Crippen molar-refractivity contribution in [3.05, 3.63) is 29.8 Å². The Morgan fingerprint density at radius 1 is 1.50 bits per heavy atom. The van der Waals surface area contributed by atoms with Crippen LogP contribution in [-0.4, -0.2) is 6.72 Å². The highest BCUT2D eigenvalue weighted by Crippen LogP contribution is 2.24. The summed E-state index contributed by atoms with van der Waals surface area (Å²) < 4.78 is 0. The van der Waals surface area contributed by atoms with E-state index in [0.717, 1.165) is 16.8 Å². The molecular formula is C10H12N2. The van der Waals surface area contributed by atoms with E-state index in [1.807, 2.05) is 13.0 Å². The summed E-state index contributed by atoms with van der Waals surface area (Å²) in [6.45, 7) is 9.09. The van der Waals surface area contributed by atoms with Gasteiger partial charge in [0.25, 0.3) is 0 Å². The summed E-state index contributed by atoms with van der Waals surface area (Å²) in [5.74, 6) is 0. The maximum Gasteiger partial charge on any atom is 0.0645 e. The van der Waals surface area contributed by atoms with Gasteiger partial charge in [-0.15, -0.1) is 0 Å². The summed E-state index contributed by atoms with van der Waals surface area (Å²) in [6.07, 6.45) is 1.75. The Hall–Kier alpha value is -1.57. The summed E-state index contributed by atoms with van der Waals surface area (Å²) in [6, 6.07) is 3.72. The molecule has 0 saturated heterocycles. The smallest absolute Gasteiger partial charge is 0.0645 e. The van der Waals surface area contributed by atoms with Gasteiger partial charge in [0.05, 0.1) is 5.69 Å². The van der Waals surface area contributed by atoms with Crippen molar-refractivity contribution in [1.29, 1.82) is 0 Å². The molecule has 0 aliphatic carbocycles. The molecule has 62 valence electrons. The molecule has 0 amide bonds. The van der Waals surface area contributed by atoms with Crippen LogP contribution in [0.5, 0.6) is 0 Å². The Kier molecular flexibility index (Phi) is 2.29. The third-order valence-electron chi connectivity index (χ3n) is 1.79. The zero-order valence-electron chi connectivity index (χ0n) is 7.17. The van der Waals surface area contributed by atoms with Crippen LogP contribution in [0.15, 0.2) is 23.7 Å². The molecular weight excluding hydrogens is 148 g/mol. The molecule has 0 aromatic heterocycles. The molecule has 1 aromatic carbocycles. The lowest BCUT2D eigenvalue weighted by Gasteiger charge is -2.05. The van der Waals surface area contributed by atoms with E-state index in [1.165, 1.54) is 0 Å². The molecule has 2 nitrogen and oxygen atoms in total. The monoisotopic (exact) mass is 160 g/mol. The SMILES string of the molecule is C=Cc1c(C)cc(N=C)cc1N. The minimum atomic E-state index is 0.701.